The molecule has 0 spiro atoms. The van der Waals surface area contributed by atoms with Gasteiger partial charge in [-0.3, -0.25) is 4.79 Å². The number of imidazole rings is 1. The molecule has 0 amide bonds. The Labute approximate surface area is 178 Å². The molecule has 5 nitrogen and oxygen atoms in total. The van der Waals surface area contributed by atoms with Crippen molar-refractivity contribution in [2.24, 2.45) is 0 Å². The maximum Gasteiger partial charge on any atom is 0.274 e. The fourth-order valence-corrected chi connectivity index (χ4v) is 5.27. The molecule has 0 N–H and O–H groups in total. The zero-order chi connectivity index (χ0) is 20.1. The third-order valence-electron chi connectivity index (χ3n) is 4.95. The van der Waals surface area contributed by atoms with Gasteiger partial charge in [-0.2, -0.15) is 5.10 Å². The Morgan fingerprint density at radius 2 is 1.77 bits per heavy atom. The number of rotatable bonds is 3. The zero-order valence-electron chi connectivity index (χ0n) is 15.6. The van der Waals surface area contributed by atoms with E-state index in [1.54, 1.807) is 15.7 Å². The van der Waals surface area contributed by atoms with Crippen molar-refractivity contribution in [3.8, 4) is 16.3 Å². The van der Waals surface area contributed by atoms with Crippen molar-refractivity contribution >= 4 is 44.7 Å². The first-order valence-electron chi connectivity index (χ1n) is 9.39. The lowest BCUT2D eigenvalue weighted by atomic mass is 10.2. The van der Waals surface area contributed by atoms with Gasteiger partial charge in [0.2, 0.25) is 0 Å². The minimum Gasteiger partial charge on any atom is -0.267 e. The molecule has 0 fully saturated rings. The molecule has 2 aromatic carbocycles. The van der Waals surface area contributed by atoms with Crippen LogP contribution in [0.1, 0.15) is 5.56 Å². The Kier molecular flexibility index (Phi) is 3.90. The second-order valence-electron chi connectivity index (χ2n) is 6.82. The summed E-state index contributed by atoms with van der Waals surface area (Å²) >= 11 is 3.04. The van der Waals surface area contributed by atoms with Crippen LogP contribution >= 0.6 is 22.7 Å². The molecule has 0 atom stereocenters. The van der Waals surface area contributed by atoms with E-state index in [9.17, 15) is 4.79 Å². The molecule has 144 valence electrons. The summed E-state index contributed by atoms with van der Waals surface area (Å²) in [7, 11) is 0. The molecule has 4 heterocycles. The highest BCUT2D eigenvalue weighted by Gasteiger charge is 2.14. The van der Waals surface area contributed by atoms with Crippen LogP contribution in [-0.4, -0.2) is 19.2 Å². The Balaban J connectivity index is 1.59. The highest BCUT2D eigenvalue weighted by atomic mass is 32.1. The molecule has 6 rings (SSSR count). The lowest BCUT2D eigenvalue weighted by molar-refractivity contribution is 0.885. The van der Waals surface area contributed by atoms with E-state index in [2.05, 4.69) is 4.98 Å². The molecule has 4 aromatic heterocycles. The summed E-state index contributed by atoms with van der Waals surface area (Å²) in [6.07, 6.45) is 3.91. The number of nitrogens with zero attached hydrogens (tertiary/aromatic N) is 4. The molecular weight excluding hydrogens is 412 g/mol. The second kappa shape index (κ2) is 6.76. The molecule has 6 aromatic rings. The lowest BCUT2D eigenvalue weighted by Crippen LogP contribution is -2.22. The maximum atomic E-state index is 13.2. The molecule has 0 saturated heterocycles. The van der Waals surface area contributed by atoms with Crippen LogP contribution in [0.15, 0.2) is 83.1 Å². The first-order chi connectivity index (χ1) is 14.8. The van der Waals surface area contributed by atoms with E-state index in [0.29, 0.717) is 9.49 Å². The highest BCUT2D eigenvalue weighted by Crippen LogP contribution is 2.28. The van der Waals surface area contributed by atoms with Crippen LogP contribution in [0.3, 0.4) is 0 Å². The SMILES string of the molecule is O=c1/c(=C/c2cn(-c3ccccc3)nc2-c2cccs2)sc2nc3ccccc3n12. The fraction of sp³-hybridized carbons (Fsp3) is 0. The minimum absolute atomic E-state index is 0.0479. The number of hydrogen-bond donors (Lipinski definition) is 0. The van der Waals surface area contributed by atoms with Gasteiger partial charge in [-0.05, 0) is 41.8 Å². The Morgan fingerprint density at radius 1 is 0.933 bits per heavy atom. The number of para-hydroxylation sites is 3. The van der Waals surface area contributed by atoms with Gasteiger partial charge in [-0.15, -0.1) is 11.3 Å². The van der Waals surface area contributed by atoms with Crippen LogP contribution in [0.4, 0.5) is 0 Å². The Bertz CT molecular complexity index is 1610. The van der Waals surface area contributed by atoms with E-state index in [1.807, 2.05) is 89.1 Å². The van der Waals surface area contributed by atoms with Crippen LogP contribution in [0.25, 0.3) is 38.3 Å². The summed E-state index contributed by atoms with van der Waals surface area (Å²) in [6.45, 7) is 0. The average molecular weight is 427 g/mol. The molecule has 0 aliphatic heterocycles. The summed E-state index contributed by atoms with van der Waals surface area (Å²) in [4.78, 5) is 19.5. The van der Waals surface area contributed by atoms with Crippen LogP contribution in [0.5, 0.6) is 0 Å². The predicted octanol–water partition coefficient (Wildman–Crippen LogP) is 4.37. The third kappa shape index (κ3) is 2.71. The van der Waals surface area contributed by atoms with Gasteiger partial charge < -0.3 is 0 Å². The highest BCUT2D eigenvalue weighted by molar-refractivity contribution is 7.15. The van der Waals surface area contributed by atoms with Crippen molar-refractivity contribution in [2.75, 3.05) is 0 Å². The van der Waals surface area contributed by atoms with E-state index < -0.39 is 0 Å². The molecule has 0 bridgehead atoms. The quantitative estimate of drug-likeness (QED) is 0.422. The summed E-state index contributed by atoms with van der Waals surface area (Å²) in [5, 5.41) is 6.85. The molecule has 0 aliphatic rings. The second-order valence-corrected chi connectivity index (χ2v) is 8.78. The number of thiophene rings is 1. The van der Waals surface area contributed by atoms with Gasteiger partial charge in [0, 0.05) is 11.8 Å². The van der Waals surface area contributed by atoms with Gasteiger partial charge in [-0.1, -0.05) is 47.7 Å². The topological polar surface area (TPSA) is 52.2 Å². The maximum absolute atomic E-state index is 13.2. The van der Waals surface area contributed by atoms with Gasteiger partial charge in [-0.25, -0.2) is 14.1 Å². The van der Waals surface area contributed by atoms with Gasteiger partial charge in [0.1, 0.15) is 5.69 Å². The summed E-state index contributed by atoms with van der Waals surface area (Å²) < 4.78 is 4.20. The third-order valence-corrected chi connectivity index (χ3v) is 6.79. The minimum atomic E-state index is -0.0479. The van der Waals surface area contributed by atoms with E-state index in [0.717, 1.165) is 32.9 Å². The summed E-state index contributed by atoms with van der Waals surface area (Å²) in [5.74, 6) is 0. The predicted molar refractivity (Wildman–Crippen MR) is 123 cm³/mol. The first kappa shape index (κ1) is 17.3. The van der Waals surface area contributed by atoms with Crippen LogP contribution in [0.2, 0.25) is 0 Å². The normalized spacial score (nSPS) is 12.3. The largest absolute Gasteiger partial charge is 0.274 e. The standard InChI is InChI=1S/C23H14N4OS2/c28-22-20(30-23-24-17-9-4-5-10-18(17)27(22)23)13-15-14-26(16-7-2-1-3-8-16)25-21(15)19-11-6-12-29-19/h1-14H/b20-13-. The van der Waals surface area contributed by atoms with Crippen molar-refractivity contribution in [3.05, 3.63) is 98.8 Å². The lowest BCUT2D eigenvalue weighted by Gasteiger charge is -1.99. The van der Waals surface area contributed by atoms with E-state index in [-0.39, 0.29) is 5.56 Å². The van der Waals surface area contributed by atoms with Gasteiger partial charge in [0.25, 0.3) is 5.56 Å². The Morgan fingerprint density at radius 3 is 2.60 bits per heavy atom. The number of thiazole rings is 1. The van der Waals surface area contributed by atoms with Crippen molar-refractivity contribution < 1.29 is 0 Å². The summed E-state index contributed by atoms with van der Waals surface area (Å²) in [5.41, 5.74) is 4.38. The first-order valence-corrected chi connectivity index (χ1v) is 11.1. The Hall–Kier alpha value is -3.55. The van der Waals surface area contributed by atoms with Gasteiger partial charge >= 0.3 is 0 Å². The van der Waals surface area contributed by atoms with Crippen molar-refractivity contribution in [3.63, 3.8) is 0 Å². The van der Waals surface area contributed by atoms with E-state index in [1.165, 1.54) is 11.3 Å². The molecule has 0 radical (unpaired) electrons. The van der Waals surface area contributed by atoms with Crippen molar-refractivity contribution in [1.29, 1.82) is 0 Å². The molecule has 0 saturated carbocycles. The smallest absolute Gasteiger partial charge is 0.267 e. The number of aromatic nitrogens is 4. The fourth-order valence-electron chi connectivity index (χ4n) is 3.56. The van der Waals surface area contributed by atoms with E-state index >= 15 is 0 Å². The molecule has 7 heteroatoms. The van der Waals surface area contributed by atoms with Crippen LogP contribution in [-0.2, 0) is 0 Å². The van der Waals surface area contributed by atoms with Crippen molar-refractivity contribution in [2.45, 2.75) is 0 Å². The van der Waals surface area contributed by atoms with Crippen molar-refractivity contribution in [1.82, 2.24) is 19.2 Å². The van der Waals surface area contributed by atoms with Gasteiger partial charge in [0.05, 0.1) is 26.1 Å². The zero-order valence-corrected chi connectivity index (χ0v) is 17.2. The monoisotopic (exact) mass is 426 g/mol. The molecule has 30 heavy (non-hydrogen) atoms. The average Bonchev–Trinajstić information content (AvgIpc) is 3.54. The molecule has 0 aliphatic carbocycles. The number of fused-ring (bicyclic) bond motifs is 3. The molecule has 0 unspecified atom stereocenters. The molecular formula is C23H14N4OS2. The van der Waals surface area contributed by atoms with Crippen LogP contribution < -0.4 is 10.1 Å². The summed E-state index contributed by atoms with van der Waals surface area (Å²) in [6, 6.07) is 21.8. The number of hydrogen-bond acceptors (Lipinski definition) is 5. The van der Waals surface area contributed by atoms with Crippen LogP contribution in [0, 0.1) is 0 Å². The number of benzene rings is 2. The van der Waals surface area contributed by atoms with Gasteiger partial charge in [0.15, 0.2) is 4.96 Å². The van der Waals surface area contributed by atoms with E-state index in [4.69, 9.17) is 5.10 Å².